The van der Waals surface area contributed by atoms with E-state index in [0.717, 1.165) is 0 Å². The van der Waals surface area contributed by atoms with E-state index in [1.807, 2.05) is 0 Å². The molecule has 0 aromatic carbocycles. The second-order valence-corrected chi connectivity index (χ2v) is 4.76. The maximum atomic E-state index is 5.72. The van der Waals surface area contributed by atoms with Gasteiger partial charge in [-0.15, -0.1) is 34.3 Å². The SMILES string of the molecule is ClCc1ccc(-c2cccs2)s1. The Morgan fingerprint density at radius 3 is 2.67 bits per heavy atom. The molecule has 0 fully saturated rings. The van der Waals surface area contributed by atoms with E-state index in [2.05, 4.69) is 29.6 Å². The molecule has 62 valence electrons. The van der Waals surface area contributed by atoms with Crippen molar-refractivity contribution in [1.82, 2.24) is 0 Å². The van der Waals surface area contributed by atoms with Crippen LogP contribution in [-0.2, 0) is 5.88 Å². The summed E-state index contributed by atoms with van der Waals surface area (Å²) in [6.45, 7) is 0. The molecule has 0 aliphatic heterocycles. The lowest BCUT2D eigenvalue weighted by Crippen LogP contribution is -1.59. The van der Waals surface area contributed by atoms with Crippen molar-refractivity contribution < 1.29 is 0 Å². The van der Waals surface area contributed by atoms with Gasteiger partial charge in [0.15, 0.2) is 0 Å². The molecule has 3 heteroatoms. The summed E-state index contributed by atoms with van der Waals surface area (Å²) >= 11 is 9.25. The molecule has 0 unspecified atom stereocenters. The highest BCUT2D eigenvalue weighted by atomic mass is 35.5. The first-order chi connectivity index (χ1) is 5.90. The van der Waals surface area contributed by atoms with E-state index in [4.69, 9.17) is 11.6 Å². The Morgan fingerprint density at radius 2 is 2.08 bits per heavy atom. The maximum Gasteiger partial charge on any atom is 0.0568 e. The second kappa shape index (κ2) is 3.60. The Morgan fingerprint density at radius 1 is 1.17 bits per heavy atom. The van der Waals surface area contributed by atoms with Crippen molar-refractivity contribution >= 4 is 34.3 Å². The van der Waals surface area contributed by atoms with Crippen LogP contribution in [0.15, 0.2) is 29.6 Å². The van der Waals surface area contributed by atoms with Crippen LogP contribution >= 0.6 is 34.3 Å². The summed E-state index contributed by atoms with van der Waals surface area (Å²) in [6.07, 6.45) is 0. The molecule has 2 heterocycles. The van der Waals surface area contributed by atoms with Gasteiger partial charge in [-0.3, -0.25) is 0 Å². The molecule has 0 aliphatic carbocycles. The van der Waals surface area contributed by atoms with Gasteiger partial charge in [-0.1, -0.05) is 6.07 Å². The topological polar surface area (TPSA) is 0 Å². The first-order valence-corrected chi connectivity index (χ1v) is 5.82. The minimum atomic E-state index is 0.621. The molecule has 0 amide bonds. The monoisotopic (exact) mass is 214 g/mol. The van der Waals surface area contributed by atoms with Crippen molar-refractivity contribution in [3.8, 4) is 9.75 Å². The largest absolute Gasteiger partial charge is 0.143 e. The summed E-state index contributed by atoms with van der Waals surface area (Å²) in [6, 6.07) is 8.43. The molecule has 2 aromatic heterocycles. The first-order valence-electron chi connectivity index (χ1n) is 3.58. The summed E-state index contributed by atoms with van der Waals surface area (Å²) in [5, 5.41) is 2.09. The Bertz CT molecular complexity index is 348. The van der Waals surface area contributed by atoms with Crippen LogP contribution in [0.2, 0.25) is 0 Å². The quantitative estimate of drug-likeness (QED) is 0.657. The van der Waals surface area contributed by atoms with Gasteiger partial charge in [-0.05, 0) is 23.6 Å². The fraction of sp³-hybridized carbons (Fsp3) is 0.111. The van der Waals surface area contributed by atoms with E-state index in [1.165, 1.54) is 14.6 Å². The molecule has 0 bridgehead atoms. The summed E-state index contributed by atoms with van der Waals surface area (Å²) in [5.74, 6) is 0.621. The van der Waals surface area contributed by atoms with E-state index in [0.29, 0.717) is 5.88 Å². The molecule has 0 atom stereocenters. The zero-order chi connectivity index (χ0) is 8.39. The van der Waals surface area contributed by atoms with Gasteiger partial charge in [0.1, 0.15) is 0 Å². The van der Waals surface area contributed by atoms with Crippen molar-refractivity contribution in [2.75, 3.05) is 0 Å². The van der Waals surface area contributed by atoms with Gasteiger partial charge in [-0.25, -0.2) is 0 Å². The Labute approximate surface area is 84.4 Å². The van der Waals surface area contributed by atoms with Gasteiger partial charge in [0.05, 0.1) is 5.88 Å². The fourth-order valence-electron chi connectivity index (χ4n) is 1.00. The second-order valence-electron chi connectivity index (χ2n) is 2.38. The van der Waals surface area contributed by atoms with Crippen molar-refractivity contribution in [2.24, 2.45) is 0 Å². The third-order valence-corrected chi connectivity index (χ3v) is 4.15. The molecule has 0 spiro atoms. The van der Waals surface area contributed by atoms with Crippen LogP contribution in [0.1, 0.15) is 4.88 Å². The zero-order valence-electron chi connectivity index (χ0n) is 6.29. The highest BCUT2D eigenvalue weighted by Crippen LogP contribution is 2.31. The minimum absolute atomic E-state index is 0.621. The molecule has 2 aromatic rings. The van der Waals surface area contributed by atoms with Crippen LogP contribution in [-0.4, -0.2) is 0 Å². The Balaban J connectivity index is 2.35. The van der Waals surface area contributed by atoms with E-state index in [1.54, 1.807) is 22.7 Å². The lowest BCUT2D eigenvalue weighted by Gasteiger charge is -1.87. The zero-order valence-corrected chi connectivity index (χ0v) is 8.68. The molecular formula is C9H7ClS2. The summed E-state index contributed by atoms with van der Waals surface area (Å²) in [7, 11) is 0. The van der Waals surface area contributed by atoms with E-state index in [-0.39, 0.29) is 0 Å². The average molecular weight is 215 g/mol. The molecule has 12 heavy (non-hydrogen) atoms. The lowest BCUT2D eigenvalue weighted by atomic mass is 10.4. The van der Waals surface area contributed by atoms with Crippen LogP contribution in [0, 0.1) is 0 Å². The highest BCUT2D eigenvalue weighted by molar-refractivity contribution is 7.21. The predicted octanol–water partition coefficient (Wildman–Crippen LogP) is 4.22. The summed E-state index contributed by atoms with van der Waals surface area (Å²) in [4.78, 5) is 3.89. The molecule has 0 N–H and O–H groups in total. The van der Waals surface area contributed by atoms with Crippen LogP contribution in [0.5, 0.6) is 0 Å². The molecule has 0 nitrogen and oxygen atoms in total. The van der Waals surface area contributed by atoms with Crippen LogP contribution in [0.4, 0.5) is 0 Å². The molecular weight excluding hydrogens is 208 g/mol. The molecule has 2 rings (SSSR count). The Kier molecular flexibility index (Phi) is 2.49. The van der Waals surface area contributed by atoms with Gasteiger partial charge in [-0.2, -0.15) is 0 Å². The van der Waals surface area contributed by atoms with Crippen LogP contribution in [0.25, 0.3) is 9.75 Å². The highest BCUT2D eigenvalue weighted by Gasteiger charge is 2.01. The number of hydrogen-bond acceptors (Lipinski definition) is 2. The van der Waals surface area contributed by atoms with Crippen LogP contribution < -0.4 is 0 Å². The maximum absolute atomic E-state index is 5.72. The standard InChI is InChI=1S/C9H7ClS2/c10-6-7-3-4-9(12-7)8-2-1-5-11-8/h1-5H,6H2. The minimum Gasteiger partial charge on any atom is -0.143 e. The van der Waals surface area contributed by atoms with Gasteiger partial charge < -0.3 is 0 Å². The van der Waals surface area contributed by atoms with E-state index in [9.17, 15) is 0 Å². The van der Waals surface area contributed by atoms with Crippen molar-refractivity contribution in [1.29, 1.82) is 0 Å². The predicted molar refractivity (Wildman–Crippen MR) is 57.2 cm³/mol. The summed E-state index contributed by atoms with van der Waals surface area (Å²) < 4.78 is 0. The third kappa shape index (κ3) is 1.56. The van der Waals surface area contributed by atoms with Gasteiger partial charge >= 0.3 is 0 Å². The summed E-state index contributed by atoms with van der Waals surface area (Å²) in [5.41, 5.74) is 0. The number of thiophene rings is 2. The smallest absolute Gasteiger partial charge is 0.0568 e. The molecule has 0 saturated heterocycles. The molecule has 0 saturated carbocycles. The van der Waals surface area contributed by atoms with Gasteiger partial charge in [0.25, 0.3) is 0 Å². The number of rotatable bonds is 2. The lowest BCUT2D eigenvalue weighted by molar-refractivity contribution is 1.53. The van der Waals surface area contributed by atoms with E-state index >= 15 is 0 Å². The third-order valence-electron chi connectivity index (χ3n) is 1.56. The number of alkyl halides is 1. The van der Waals surface area contributed by atoms with Crippen LogP contribution in [0.3, 0.4) is 0 Å². The van der Waals surface area contributed by atoms with Gasteiger partial charge in [0.2, 0.25) is 0 Å². The number of hydrogen-bond donors (Lipinski definition) is 0. The molecule has 0 aliphatic rings. The van der Waals surface area contributed by atoms with Crippen molar-refractivity contribution in [3.63, 3.8) is 0 Å². The van der Waals surface area contributed by atoms with Crippen molar-refractivity contribution in [3.05, 3.63) is 34.5 Å². The van der Waals surface area contributed by atoms with E-state index < -0.39 is 0 Å². The average Bonchev–Trinajstić information content (AvgIpc) is 2.75. The van der Waals surface area contributed by atoms with Gasteiger partial charge in [0, 0.05) is 14.6 Å². The first kappa shape index (κ1) is 8.30. The molecule has 0 radical (unpaired) electrons. The fourth-order valence-corrected chi connectivity index (χ4v) is 2.95. The van der Waals surface area contributed by atoms with Crippen molar-refractivity contribution in [2.45, 2.75) is 5.88 Å². The number of halogens is 1. The Hall–Kier alpha value is -0.310. The normalized spacial score (nSPS) is 10.4.